The maximum Gasteiger partial charge on any atom is 0.228 e. The fourth-order valence-electron chi connectivity index (χ4n) is 6.53. The molecule has 27 heavy (non-hydrogen) atoms. The summed E-state index contributed by atoms with van der Waals surface area (Å²) in [5.74, 6) is 2.86. The van der Waals surface area contributed by atoms with Gasteiger partial charge in [0.1, 0.15) is 12.2 Å². The lowest BCUT2D eigenvalue weighted by molar-refractivity contribution is -0.163. The molecule has 1 amide bonds. The lowest BCUT2D eigenvalue weighted by Gasteiger charge is -2.57. The van der Waals surface area contributed by atoms with Gasteiger partial charge >= 0.3 is 0 Å². The monoisotopic (exact) mass is 367 g/mol. The molecule has 2 aromatic heterocycles. The molecule has 8 nitrogen and oxygen atoms in total. The number of aromatic nitrogens is 6. The second kappa shape index (κ2) is 5.62. The lowest BCUT2D eigenvalue weighted by atomic mass is 9.49. The van der Waals surface area contributed by atoms with Gasteiger partial charge in [0.15, 0.2) is 0 Å². The van der Waals surface area contributed by atoms with Crippen LogP contribution >= 0.6 is 0 Å². The van der Waals surface area contributed by atoms with E-state index in [9.17, 15) is 4.79 Å². The molecule has 0 aromatic carbocycles. The van der Waals surface area contributed by atoms with Gasteiger partial charge in [0, 0.05) is 13.1 Å². The number of carbonyl (C=O) groups excluding carboxylic acids is 1. The molecule has 0 N–H and O–H groups in total. The summed E-state index contributed by atoms with van der Waals surface area (Å²) in [5.41, 5.74) is 0.816. The van der Waals surface area contributed by atoms with E-state index < -0.39 is 0 Å². The molecule has 3 heterocycles. The average Bonchev–Trinajstić information content (AvgIpc) is 3.25. The molecule has 4 aliphatic carbocycles. The summed E-state index contributed by atoms with van der Waals surface area (Å²) < 4.78 is 1.91. The molecular formula is C19H25N7O. The highest BCUT2D eigenvalue weighted by atomic mass is 16.2. The van der Waals surface area contributed by atoms with Crippen molar-refractivity contribution in [2.75, 3.05) is 13.1 Å². The van der Waals surface area contributed by atoms with Gasteiger partial charge in [0.05, 0.1) is 30.0 Å². The smallest absolute Gasteiger partial charge is 0.228 e. The Kier molecular flexibility index (Phi) is 3.29. The SMILES string of the molecule is O=C(N1CC(n2cc(Cn3nccn3)nn2)C1)C12CC3CC(CC(C3)C1)C2. The van der Waals surface area contributed by atoms with Gasteiger partial charge in [-0.3, -0.25) is 4.79 Å². The van der Waals surface area contributed by atoms with Gasteiger partial charge in [-0.05, 0) is 56.3 Å². The van der Waals surface area contributed by atoms with Crippen molar-refractivity contribution in [3.63, 3.8) is 0 Å². The van der Waals surface area contributed by atoms with Gasteiger partial charge in [-0.15, -0.1) is 5.10 Å². The van der Waals surface area contributed by atoms with Gasteiger partial charge in [0.25, 0.3) is 0 Å². The first-order valence-electron chi connectivity index (χ1n) is 10.2. The number of hydrogen-bond acceptors (Lipinski definition) is 5. The van der Waals surface area contributed by atoms with E-state index in [4.69, 9.17) is 0 Å². The van der Waals surface area contributed by atoms with Gasteiger partial charge in [-0.1, -0.05) is 5.21 Å². The van der Waals surface area contributed by atoms with E-state index in [1.165, 1.54) is 19.3 Å². The summed E-state index contributed by atoms with van der Waals surface area (Å²) in [4.78, 5) is 17.0. The fraction of sp³-hybridized carbons (Fsp3) is 0.737. The predicted molar refractivity (Wildman–Crippen MR) is 95.4 cm³/mol. The first-order valence-corrected chi connectivity index (χ1v) is 10.2. The minimum Gasteiger partial charge on any atom is -0.338 e. The number of rotatable bonds is 4. The van der Waals surface area contributed by atoms with E-state index in [1.54, 1.807) is 17.2 Å². The largest absolute Gasteiger partial charge is 0.338 e. The third-order valence-electron chi connectivity index (χ3n) is 7.34. The van der Waals surface area contributed by atoms with Crippen LogP contribution in [0.2, 0.25) is 0 Å². The quantitative estimate of drug-likeness (QED) is 0.818. The van der Waals surface area contributed by atoms with Crippen LogP contribution in [0.15, 0.2) is 18.6 Å². The Morgan fingerprint density at radius 2 is 1.67 bits per heavy atom. The number of amides is 1. The van der Waals surface area contributed by atoms with Crippen LogP contribution < -0.4 is 0 Å². The van der Waals surface area contributed by atoms with Crippen LogP contribution in [0.4, 0.5) is 0 Å². The molecular weight excluding hydrogens is 342 g/mol. The zero-order chi connectivity index (χ0) is 18.0. The molecule has 7 rings (SSSR count). The van der Waals surface area contributed by atoms with Crippen LogP contribution in [0.3, 0.4) is 0 Å². The van der Waals surface area contributed by atoms with Crippen molar-refractivity contribution in [3.05, 3.63) is 24.3 Å². The van der Waals surface area contributed by atoms with E-state index in [2.05, 4.69) is 25.4 Å². The third-order valence-corrected chi connectivity index (χ3v) is 7.34. The van der Waals surface area contributed by atoms with Crippen LogP contribution in [-0.2, 0) is 11.3 Å². The minimum absolute atomic E-state index is 0.0288. The Morgan fingerprint density at radius 3 is 2.30 bits per heavy atom. The molecule has 8 heteroatoms. The maximum atomic E-state index is 13.3. The second-order valence-corrected chi connectivity index (χ2v) is 9.31. The second-order valence-electron chi connectivity index (χ2n) is 9.31. The number of likely N-dealkylation sites (tertiary alicyclic amines) is 1. The summed E-state index contributed by atoms with van der Waals surface area (Å²) in [6.07, 6.45) is 12.8. The van der Waals surface area contributed by atoms with E-state index in [0.29, 0.717) is 12.5 Å². The third kappa shape index (κ3) is 2.52. The van der Waals surface area contributed by atoms with Crippen LogP contribution in [-0.4, -0.2) is 53.9 Å². The molecule has 0 radical (unpaired) electrons. The van der Waals surface area contributed by atoms with Crippen LogP contribution in [0.5, 0.6) is 0 Å². The molecule has 1 aliphatic heterocycles. The molecule has 5 fully saturated rings. The predicted octanol–water partition coefficient (Wildman–Crippen LogP) is 1.52. The molecule has 5 aliphatic rings. The highest BCUT2D eigenvalue weighted by Gasteiger charge is 2.56. The first-order chi connectivity index (χ1) is 13.2. The number of hydrogen-bond donors (Lipinski definition) is 0. The number of carbonyl (C=O) groups is 1. The molecule has 142 valence electrons. The van der Waals surface area contributed by atoms with Crippen LogP contribution in [0.1, 0.15) is 50.3 Å². The summed E-state index contributed by atoms with van der Waals surface area (Å²) in [5, 5.41) is 16.7. The van der Waals surface area contributed by atoms with Crippen molar-refractivity contribution >= 4 is 5.91 Å². The van der Waals surface area contributed by atoms with Crippen molar-refractivity contribution in [1.82, 2.24) is 34.9 Å². The van der Waals surface area contributed by atoms with E-state index in [0.717, 1.165) is 55.8 Å². The highest BCUT2D eigenvalue weighted by molar-refractivity contribution is 5.84. The normalized spacial score (nSPS) is 34.8. The average molecular weight is 367 g/mol. The van der Waals surface area contributed by atoms with Crippen molar-refractivity contribution < 1.29 is 4.79 Å². The van der Waals surface area contributed by atoms with Crippen molar-refractivity contribution in [2.24, 2.45) is 23.2 Å². The van der Waals surface area contributed by atoms with Crippen molar-refractivity contribution in [2.45, 2.75) is 51.1 Å². The Balaban J connectivity index is 1.11. The standard InChI is InChI=1S/C19H25N7O/c27-18(19-6-13-3-14(7-19)5-15(4-13)8-19)24-11-17(12-24)25-9-16(22-23-25)10-26-20-1-2-21-26/h1-2,9,13-15,17H,3-8,10-12H2. The molecule has 0 spiro atoms. The summed E-state index contributed by atoms with van der Waals surface area (Å²) in [6.45, 7) is 2.06. The maximum absolute atomic E-state index is 13.3. The minimum atomic E-state index is -0.0288. The molecule has 0 atom stereocenters. The van der Waals surface area contributed by atoms with E-state index >= 15 is 0 Å². The lowest BCUT2D eigenvalue weighted by Crippen LogP contribution is -2.60. The summed E-state index contributed by atoms with van der Waals surface area (Å²) in [6, 6.07) is 0.245. The zero-order valence-electron chi connectivity index (χ0n) is 15.4. The summed E-state index contributed by atoms with van der Waals surface area (Å²) >= 11 is 0. The van der Waals surface area contributed by atoms with Gasteiger partial charge in [-0.25, -0.2) is 4.68 Å². The molecule has 4 bridgehead atoms. The zero-order valence-corrected chi connectivity index (χ0v) is 15.4. The fourth-order valence-corrected chi connectivity index (χ4v) is 6.53. The Morgan fingerprint density at radius 1 is 1.04 bits per heavy atom. The highest BCUT2D eigenvalue weighted by Crippen LogP contribution is 2.60. The molecule has 4 saturated carbocycles. The molecule has 1 saturated heterocycles. The van der Waals surface area contributed by atoms with E-state index in [-0.39, 0.29) is 11.5 Å². The van der Waals surface area contributed by atoms with Gasteiger partial charge in [0.2, 0.25) is 5.91 Å². The van der Waals surface area contributed by atoms with Crippen molar-refractivity contribution in [3.8, 4) is 0 Å². The first kappa shape index (κ1) is 15.8. The Bertz CT molecular complexity index is 816. The molecule has 2 aromatic rings. The Labute approximate surface area is 157 Å². The molecule has 0 unspecified atom stereocenters. The van der Waals surface area contributed by atoms with Crippen LogP contribution in [0.25, 0.3) is 0 Å². The number of nitrogens with zero attached hydrogens (tertiary/aromatic N) is 7. The topological polar surface area (TPSA) is 81.7 Å². The Hall–Kier alpha value is -2.25. The van der Waals surface area contributed by atoms with Gasteiger partial charge < -0.3 is 4.90 Å². The van der Waals surface area contributed by atoms with E-state index in [1.807, 2.05) is 10.9 Å². The summed E-state index contributed by atoms with van der Waals surface area (Å²) in [7, 11) is 0. The van der Waals surface area contributed by atoms with Crippen LogP contribution in [0, 0.1) is 23.2 Å². The van der Waals surface area contributed by atoms with Gasteiger partial charge in [-0.2, -0.15) is 15.0 Å². The van der Waals surface area contributed by atoms with Crippen molar-refractivity contribution in [1.29, 1.82) is 0 Å².